The zero-order chi connectivity index (χ0) is 15.5. The lowest BCUT2D eigenvalue weighted by molar-refractivity contribution is -0.119. The number of carbonyl (C=O) groups is 2. The highest BCUT2D eigenvalue weighted by Crippen LogP contribution is 2.22. The van der Waals surface area contributed by atoms with Gasteiger partial charge >= 0.3 is 0 Å². The van der Waals surface area contributed by atoms with Crippen molar-refractivity contribution in [1.29, 1.82) is 0 Å². The van der Waals surface area contributed by atoms with Crippen molar-refractivity contribution in [3.8, 4) is 11.1 Å². The predicted octanol–water partition coefficient (Wildman–Crippen LogP) is 2.77. The molecule has 0 radical (unpaired) electrons. The first kappa shape index (κ1) is 14.8. The summed E-state index contributed by atoms with van der Waals surface area (Å²) in [6.45, 7) is 0.552. The average Bonchev–Trinajstić information content (AvgIpc) is 3.18. The Morgan fingerprint density at radius 2 is 2.05 bits per heavy atom. The zero-order valence-electron chi connectivity index (χ0n) is 12.4. The molecule has 1 aromatic carbocycles. The van der Waals surface area contributed by atoms with E-state index in [4.69, 9.17) is 0 Å². The van der Waals surface area contributed by atoms with Crippen molar-refractivity contribution in [1.82, 2.24) is 10.2 Å². The van der Waals surface area contributed by atoms with Gasteiger partial charge < -0.3 is 10.2 Å². The molecule has 1 aromatic heterocycles. The van der Waals surface area contributed by atoms with E-state index in [0.717, 1.165) is 12.0 Å². The normalized spacial score (nSPS) is 17.3. The van der Waals surface area contributed by atoms with Crippen LogP contribution in [0.15, 0.2) is 41.1 Å². The molecule has 0 spiro atoms. The van der Waals surface area contributed by atoms with Gasteiger partial charge in [-0.15, -0.1) is 0 Å². The Bertz CT molecular complexity index is 664. The molecule has 5 heteroatoms. The van der Waals surface area contributed by atoms with Crippen molar-refractivity contribution in [2.24, 2.45) is 0 Å². The maximum Gasteiger partial charge on any atom is 0.253 e. The Balaban J connectivity index is 1.65. The quantitative estimate of drug-likeness (QED) is 0.943. The fraction of sp³-hybridized carbons (Fsp3) is 0.294. The smallest absolute Gasteiger partial charge is 0.253 e. The minimum Gasteiger partial charge on any atom is -0.352 e. The van der Waals surface area contributed by atoms with Crippen LogP contribution in [0.25, 0.3) is 11.1 Å². The summed E-state index contributed by atoms with van der Waals surface area (Å²) in [5.41, 5.74) is 2.96. The first-order valence-electron chi connectivity index (χ1n) is 7.31. The van der Waals surface area contributed by atoms with Gasteiger partial charge in [0.25, 0.3) is 5.91 Å². The molecule has 0 bridgehead atoms. The Labute approximate surface area is 133 Å². The molecule has 0 aliphatic carbocycles. The second-order valence-electron chi connectivity index (χ2n) is 5.58. The number of carbonyl (C=O) groups excluding carboxylic acids is 2. The number of nitrogens with one attached hydrogen (secondary N) is 1. The van der Waals surface area contributed by atoms with Gasteiger partial charge in [0.05, 0.1) is 0 Å². The van der Waals surface area contributed by atoms with Gasteiger partial charge in [0.15, 0.2) is 0 Å². The average molecular weight is 314 g/mol. The molecule has 0 unspecified atom stereocenters. The summed E-state index contributed by atoms with van der Waals surface area (Å²) >= 11 is 1.66. The van der Waals surface area contributed by atoms with Crippen LogP contribution in [0, 0.1) is 0 Å². The molecule has 1 aliphatic heterocycles. The fourth-order valence-electron chi connectivity index (χ4n) is 2.68. The summed E-state index contributed by atoms with van der Waals surface area (Å²) in [7, 11) is 1.78. The standard InChI is InChI=1S/C17H18N2O2S/c1-19(10-15-6-7-16(20)18-15)17(21)13-4-2-12(3-5-13)14-8-9-22-11-14/h2-5,8-9,11,15H,6-7,10H2,1H3,(H,18,20)/t15-/m0/s1. The van der Waals surface area contributed by atoms with E-state index in [2.05, 4.69) is 16.8 Å². The Morgan fingerprint density at radius 1 is 1.27 bits per heavy atom. The lowest BCUT2D eigenvalue weighted by atomic mass is 10.1. The van der Waals surface area contributed by atoms with Crippen molar-refractivity contribution in [3.63, 3.8) is 0 Å². The van der Waals surface area contributed by atoms with E-state index in [0.29, 0.717) is 18.5 Å². The van der Waals surface area contributed by atoms with Crippen LogP contribution >= 0.6 is 11.3 Å². The molecule has 1 fully saturated rings. The Kier molecular flexibility index (Phi) is 4.24. The molecule has 1 N–H and O–H groups in total. The number of likely N-dealkylation sites (N-methyl/N-ethyl adjacent to an activating group) is 1. The van der Waals surface area contributed by atoms with E-state index < -0.39 is 0 Å². The molecule has 22 heavy (non-hydrogen) atoms. The van der Waals surface area contributed by atoms with Gasteiger partial charge in [-0.05, 0) is 46.5 Å². The van der Waals surface area contributed by atoms with Crippen molar-refractivity contribution < 1.29 is 9.59 Å². The molecule has 2 amide bonds. The lowest BCUT2D eigenvalue weighted by Crippen LogP contribution is -2.39. The molecule has 0 saturated carbocycles. The van der Waals surface area contributed by atoms with Crippen LogP contribution in [0.5, 0.6) is 0 Å². The molecule has 2 aromatic rings. The third kappa shape index (κ3) is 3.20. The summed E-state index contributed by atoms with van der Waals surface area (Å²) in [6, 6.07) is 9.81. The number of nitrogens with zero attached hydrogens (tertiary/aromatic N) is 1. The van der Waals surface area contributed by atoms with Crippen LogP contribution in [0.3, 0.4) is 0 Å². The monoisotopic (exact) mass is 314 g/mol. The van der Waals surface area contributed by atoms with Crippen LogP contribution in [-0.4, -0.2) is 36.3 Å². The maximum atomic E-state index is 12.4. The fourth-order valence-corrected chi connectivity index (χ4v) is 3.35. The van der Waals surface area contributed by atoms with E-state index in [1.54, 1.807) is 23.3 Å². The molecule has 1 atom stereocenters. The van der Waals surface area contributed by atoms with Gasteiger partial charge in [0, 0.05) is 31.6 Å². The highest BCUT2D eigenvalue weighted by molar-refractivity contribution is 7.08. The van der Waals surface area contributed by atoms with Gasteiger partial charge in [-0.2, -0.15) is 11.3 Å². The molecule has 3 rings (SSSR count). The Morgan fingerprint density at radius 3 is 2.64 bits per heavy atom. The zero-order valence-corrected chi connectivity index (χ0v) is 13.2. The minimum absolute atomic E-state index is 0.0157. The Hall–Kier alpha value is -2.14. The predicted molar refractivity (Wildman–Crippen MR) is 87.9 cm³/mol. The number of amides is 2. The van der Waals surface area contributed by atoms with Crippen LogP contribution in [0.1, 0.15) is 23.2 Å². The highest BCUT2D eigenvalue weighted by Gasteiger charge is 2.23. The number of rotatable bonds is 4. The molecule has 4 nitrogen and oxygen atoms in total. The van der Waals surface area contributed by atoms with E-state index in [-0.39, 0.29) is 17.9 Å². The molecular weight excluding hydrogens is 296 g/mol. The number of benzene rings is 1. The third-order valence-electron chi connectivity index (χ3n) is 3.91. The first-order chi connectivity index (χ1) is 10.6. The van der Waals surface area contributed by atoms with Crippen molar-refractivity contribution in [2.75, 3.05) is 13.6 Å². The van der Waals surface area contributed by atoms with E-state index >= 15 is 0 Å². The summed E-state index contributed by atoms with van der Waals surface area (Å²) in [4.78, 5) is 25.3. The van der Waals surface area contributed by atoms with Gasteiger partial charge in [-0.1, -0.05) is 12.1 Å². The summed E-state index contributed by atoms with van der Waals surface area (Å²) in [6.07, 6.45) is 1.36. The number of hydrogen-bond acceptors (Lipinski definition) is 3. The van der Waals surface area contributed by atoms with Gasteiger partial charge in [0.2, 0.25) is 5.91 Å². The van der Waals surface area contributed by atoms with Crippen molar-refractivity contribution in [3.05, 3.63) is 46.7 Å². The lowest BCUT2D eigenvalue weighted by Gasteiger charge is -2.21. The van der Waals surface area contributed by atoms with Crippen LogP contribution in [0.2, 0.25) is 0 Å². The second-order valence-corrected chi connectivity index (χ2v) is 6.36. The van der Waals surface area contributed by atoms with Gasteiger partial charge in [-0.3, -0.25) is 9.59 Å². The van der Waals surface area contributed by atoms with Crippen molar-refractivity contribution in [2.45, 2.75) is 18.9 Å². The van der Waals surface area contributed by atoms with E-state index in [1.807, 2.05) is 29.6 Å². The second kappa shape index (κ2) is 6.32. The molecule has 114 valence electrons. The minimum atomic E-state index is -0.0157. The van der Waals surface area contributed by atoms with Crippen LogP contribution in [-0.2, 0) is 4.79 Å². The number of hydrogen-bond donors (Lipinski definition) is 1. The number of thiophene rings is 1. The summed E-state index contributed by atoms with van der Waals surface area (Å²) in [5, 5.41) is 7.02. The van der Waals surface area contributed by atoms with Crippen molar-refractivity contribution >= 4 is 23.2 Å². The van der Waals surface area contributed by atoms with Gasteiger partial charge in [0.1, 0.15) is 0 Å². The summed E-state index contributed by atoms with van der Waals surface area (Å²) in [5.74, 6) is 0.0592. The molecule has 1 aliphatic rings. The molecular formula is C17H18N2O2S. The largest absolute Gasteiger partial charge is 0.352 e. The van der Waals surface area contributed by atoms with Crippen LogP contribution < -0.4 is 5.32 Å². The molecule has 2 heterocycles. The third-order valence-corrected chi connectivity index (χ3v) is 4.60. The SMILES string of the molecule is CN(C[C@@H]1CCC(=O)N1)C(=O)c1ccc(-c2ccsc2)cc1. The van der Waals surface area contributed by atoms with Crippen LogP contribution in [0.4, 0.5) is 0 Å². The van der Waals surface area contributed by atoms with E-state index in [1.165, 1.54) is 5.56 Å². The van der Waals surface area contributed by atoms with Gasteiger partial charge in [-0.25, -0.2) is 0 Å². The maximum absolute atomic E-state index is 12.4. The highest BCUT2D eigenvalue weighted by atomic mass is 32.1. The van der Waals surface area contributed by atoms with E-state index in [9.17, 15) is 9.59 Å². The first-order valence-corrected chi connectivity index (χ1v) is 8.25. The molecule has 1 saturated heterocycles. The summed E-state index contributed by atoms with van der Waals surface area (Å²) < 4.78 is 0. The topological polar surface area (TPSA) is 49.4 Å².